The van der Waals surface area contributed by atoms with E-state index < -0.39 is 0 Å². The molecule has 0 aliphatic heterocycles. The van der Waals surface area contributed by atoms with Gasteiger partial charge < -0.3 is 10.2 Å². The molecular weight excluding hydrogens is 255 g/mol. The average Bonchev–Trinajstić information content (AvgIpc) is 2.43. The predicted molar refractivity (Wildman–Crippen MR) is 79.4 cm³/mol. The second-order valence-corrected chi connectivity index (χ2v) is 4.68. The molecule has 1 heterocycles. The molecule has 1 aromatic heterocycles. The zero-order valence-corrected chi connectivity index (χ0v) is 12.0. The Kier molecular flexibility index (Phi) is 4.50. The number of rotatable bonds is 5. The number of hydrogen-bond acceptors (Lipinski definition) is 4. The van der Waals surface area contributed by atoms with Crippen LogP contribution < -0.4 is 10.2 Å². The first kappa shape index (κ1) is 14.2. The molecule has 0 spiro atoms. The molecule has 106 valence electrons. The van der Waals surface area contributed by atoms with E-state index in [-0.39, 0.29) is 5.82 Å². The van der Waals surface area contributed by atoms with Gasteiger partial charge in [0.2, 0.25) is 5.95 Å². The van der Waals surface area contributed by atoms with Gasteiger partial charge in [-0.25, -0.2) is 9.37 Å². The molecule has 0 saturated carbocycles. The lowest BCUT2D eigenvalue weighted by molar-refractivity contribution is 0.607. The van der Waals surface area contributed by atoms with E-state index in [1.54, 1.807) is 18.3 Å². The highest BCUT2D eigenvalue weighted by Gasteiger charge is 2.11. The van der Waals surface area contributed by atoms with E-state index in [0.29, 0.717) is 18.1 Å². The first-order valence-corrected chi connectivity index (χ1v) is 6.64. The molecule has 0 atom stereocenters. The van der Waals surface area contributed by atoms with E-state index in [1.807, 2.05) is 31.9 Å². The summed E-state index contributed by atoms with van der Waals surface area (Å²) in [5.41, 5.74) is 1.61. The molecule has 2 rings (SSSR count). The summed E-state index contributed by atoms with van der Waals surface area (Å²) < 4.78 is 13.7. The average molecular weight is 274 g/mol. The van der Waals surface area contributed by atoms with Gasteiger partial charge in [-0.05, 0) is 19.9 Å². The summed E-state index contributed by atoms with van der Waals surface area (Å²) in [6.45, 7) is 5.17. The third kappa shape index (κ3) is 3.23. The lowest BCUT2D eigenvalue weighted by Crippen LogP contribution is -2.20. The number of halogens is 1. The van der Waals surface area contributed by atoms with Crippen LogP contribution >= 0.6 is 0 Å². The molecule has 4 nitrogen and oxygen atoms in total. The van der Waals surface area contributed by atoms with Crippen LogP contribution in [0.1, 0.15) is 18.1 Å². The quantitative estimate of drug-likeness (QED) is 0.910. The van der Waals surface area contributed by atoms with Crippen molar-refractivity contribution in [1.82, 2.24) is 9.97 Å². The number of nitrogens with one attached hydrogen (secondary N) is 1. The summed E-state index contributed by atoms with van der Waals surface area (Å²) in [7, 11) is 1.90. The summed E-state index contributed by atoms with van der Waals surface area (Å²) in [4.78, 5) is 10.6. The Balaban J connectivity index is 2.22. The zero-order chi connectivity index (χ0) is 14.5. The minimum Gasteiger partial charge on any atom is -0.355 e. The summed E-state index contributed by atoms with van der Waals surface area (Å²) in [5.74, 6) is 1.20. The van der Waals surface area contributed by atoms with Gasteiger partial charge in [0.05, 0.1) is 0 Å². The number of anilines is 2. The third-order valence-electron chi connectivity index (χ3n) is 3.01. The van der Waals surface area contributed by atoms with Crippen LogP contribution in [0.4, 0.5) is 16.2 Å². The van der Waals surface area contributed by atoms with Crippen LogP contribution in [-0.4, -0.2) is 23.6 Å². The fourth-order valence-corrected chi connectivity index (χ4v) is 2.02. The van der Waals surface area contributed by atoms with E-state index in [4.69, 9.17) is 0 Å². The Morgan fingerprint density at radius 1 is 1.30 bits per heavy atom. The minimum atomic E-state index is -0.196. The van der Waals surface area contributed by atoms with Gasteiger partial charge in [-0.15, -0.1) is 0 Å². The Morgan fingerprint density at radius 3 is 2.75 bits per heavy atom. The summed E-state index contributed by atoms with van der Waals surface area (Å²) in [6, 6.07) is 6.79. The number of aromatic nitrogens is 2. The van der Waals surface area contributed by atoms with E-state index in [9.17, 15) is 4.39 Å². The smallest absolute Gasteiger partial charge is 0.224 e. The highest BCUT2D eigenvalue weighted by Crippen LogP contribution is 2.19. The van der Waals surface area contributed by atoms with E-state index in [2.05, 4.69) is 15.3 Å². The van der Waals surface area contributed by atoms with Gasteiger partial charge >= 0.3 is 0 Å². The molecule has 20 heavy (non-hydrogen) atoms. The van der Waals surface area contributed by atoms with Crippen molar-refractivity contribution in [2.45, 2.75) is 20.4 Å². The second-order valence-electron chi connectivity index (χ2n) is 4.68. The molecule has 1 N–H and O–H groups in total. The molecule has 0 aliphatic rings. The van der Waals surface area contributed by atoms with Gasteiger partial charge in [0, 0.05) is 37.5 Å². The summed E-state index contributed by atoms with van der Waals surface area (Å²) >= 11 is 0. The number of nitrogens with zero attached hydrogens (tertiary/aromatic N) is 3. The van der Waals surface area contributed by atoms with Crippen molar-refractivity contribution < 1.29 is 4.39 Å². The molecule has 0 radical (unpaired) electrons. The van der Waals surface area contributed by atoms with Crippen molar-refractivity contribution >= 4 is 11.8 Å². The molecule has 2 aromatic rings. The first-order chi connectivity index (χ1) is 9.61. The Hall–Kier alpha value is -2.17. The van der Waals surface area contributed by atoms with Gasteiger partial charge in [-0.2, -0.15) is 4.98 Å². The first-order valence-electron chi connectivity index (χ1n) is 6.64. The molecule has 0 bridgehead atoms. The largest absolute Gasteiger partial charge is 0.355 e. The molecular formula is C15H19FN4. The van der Waals surface area contributed by atoms with Crippen LogP contribution in [0.3, 0.4) is 0 Å². The highest BCUT2D eigenvalue weighted by molar-refractivity contribution is 5.48. The second kappa shape index (κ2) is 6.32. The number of hydrogen-bond donors (Lipinski definition) is 1. The number of aryl methyl sites for hydroxylation is 1. The maximum absolute atomic E-state index is 13.7. The van der Waals surface area contributed by atoms with Crippen molar-refractivity contribution in [2.75, 3.05) is 23.8 Å². The standard InChI is InChI=1S/C15H19FN4/c1-4-17-15-18-9-11(2)14(19-15)20(3)10-12-7-5-6-8-13(12)16/h5-9H,4,10H2,1-3H3,(H,17,18,19). The molecule has 0 fully saturated rings. The normalized spacial score (nSPS) is 10.4. The van der Waals surface area contributed by atoms with Gasteiger partial charge in [0.15, 0.2) is 0 Å². The lowest BCUT2D eigenvalue weighted by atomic mass is 10.2. The monoisotopic (exact) mass is 274 g/mol. The van der Waals surface area contributed by atoms with Crippen LogP contribution in [0.2, 0.25) is 0 Å². The van der Waals surface area contributed by atoms with Gasteiger partial charge in [-0.1, -0.05) is 18.2 Å². The Morgan fingerprint density at radius 2 is 2.05 bits per heavy atom. The lowest BCUT2D eigenvalue weighted by Gasteiger charge is -2.21. The highest BCUT2D eigenvalue weighted by atomic mass is 19.1. The van der Waals surface area contributed by atoms with Crippen molar-refractivity contribution in [3.63, 3.8) is 0 Å². The van der Waals surface area contributed by atoms with Crippen molar-refractivity contribution in [1.29, 1.82) is 0 Å². The van der Waals surface area contributed by atoms with Crippen LogP contribution in [0.15, 0.2) is 30.5 Å². The van der Waals surface area contributed by atoms with Crippen LogP contribution in [0.5, 0.6) is 0 Å². The van der Waals surface area contributed by atoms with Crippen molar-refractivity contribution in [3.05, 3.63) is 47.4 Å². The Labute approximate surface area is 118 Å². The molecule has 0 unspecified atom stereocenters. The fraction of sp³-hybridized carbons (Fsp3) is 0.333. The van der Waals surface area contributed by atoms with Crippen LogP contribution in [0, 0.1) is 12.7 Å². The Bertz CT molecular complexity index is 586. The number of benzene rings is 1. The topological polar surface area (TPSA) is 41.1 Å². The molecule has 1 aromatic carbocycles. The van der Waals surface area contributed by atoms with Crippen LogP contribution in [-0.2, 0) is 6.54 Å². The zero-order valence-electron chi connectivity index (χ0n) is 12.0. The maximum Gasteiger partial charge on any atom is 0.224 e. The SMILES string of the molecule is CCNc1ncc(C)c(N(C)Cc2ccccc2F)n1. The van der Waals surface area contributed by atoms with Gasteiger partial charge in [0.25, 0.3) is 0 Å². The predicted octanol–water partition coefficient (Wildman–Crippen LogP) is 2.99. The van der Waals surface area contributed by atoms with E-state index in [0.717, 1.165) is 17.9 Å². The summed E-state index contributed by atoms with van der Waals surface area (Å²) in [5, 5.41) is 3.08. The molecule has 0 amide bonds. The third-order valence-corrected chi connectivity index (χ3v) is 3.01. The van der Waals surface area contributed by atoms with E-state index >= 15 is 0 Å². The van der Waals surface area contributed by atoms with Gasteiger partial charge in [-0.3, -0.25) is 0 Å². The van der Waals surface area contributed by atoms with Crippen molar-refractivity contribution in [2.24, 2.45) is 0 Å². The minimum absolute atomic E-state index is 0.196. The van der Waals surface area contributed by atoms with Gasteiger partial charge in [0.1, 0.15) is 11.6 Å². The van der Waals surface area contributed by atoms with Crippen LogP contribution in [0.25, 0.3) is 0 Å². The molecule has 0 saturated heterocycles. The van der Waals surface area contributed by atoms with Crippen molar-refractivity contribution in [3.8, 4) is 0 Å². The fourth-order valence-electron chi connectivity index (χ4n) is 2.02. The maximum atomic E-state index is 13.7. The molecule has 0 aliphatic carbocycles. The van der Waals surface area contributed by atoms with E-state index in [1.165, 1.54) is 6.07 Å². The summed E-state index contributed by atoms with van der Waals surface area (Å²) in [6.07, 6.45) is 1.78. The molecule has 5 heteroatoms.